The van der Waals surface area contributed by atoms with E-state index in [4.69, 9.17) is 0 Å². The minimum atomic E-state index is -0.215. The van der Waals surface area contributed by atoms with Gasteiger partial charge < -0.3 is 0 Å². The number of halogens is 2. The van der Waals surface area contributed by atoms with Crippen LogP contribution in [0.3, 0.4) is 0 Å². The highest BCUT2D eigenvalue weighted by Crippen LogP contribution is 2.36. The molecule has 0 radical (unpaired) electrons. The van der Waals surface area contributed by atoms with Crippen LogP contribution in [0.15, 0.2) is 60.7 Å². The maximum absolute atomic E-state index is 14.7. The molecule has 0 heterocycles. The van der Waals surface area contributed by atoms with Crippen LogP contribution >= 0.6 is 0 Å². The van der Waals surface area contributed by atoms with Crippen molar-refractivity contribution in [2.24, 2.45) is 0 Å². The van der Waals surface area contributed by atoms with Crippen LogP contribution in [0.4, 0.5) is 8.78 Å². The molecule has 0 amide bonds. The second-order valence-corrected chi connectivity index (χ2v) is 7.89. The summed E-state index contributed by atoms with van der Waals surface area (Å²) >= 11 is 0. The van der Waals surface area contributed by atoms with E-state index in [0.29, 0.717) is 0 Å². The summed E-state index contributed by atoms with van der Waals surface area (Å²) in [6, 6.07) is 18.9. The van der Waals surface area contributed by atoms with Crippen LogP contribution in [0, 0.1) is 11.6 Å². The maximum atomic E-state index is 14.7. The Hall–Kier alpha value is -2.48. The van der Waals surface area contributed by atoms with Gasteiger partial charge in [-0.25, -0.2) is 8.78 Å². The first-order valence-electron chi connectivity index (χ1n) is 10.3. The summed E-state index contributed by atoms with van der Waals surface area (Å²) in [7, 11) is 0. The first kappa shape index (κ1) is 18.9. The standard InChI is InChI=1S/C26H26F2/c1-2-3-4-18-5-14-25(26(28)15-18)23-9-8-21-16-20(6-7-22(21)17-23)19-10-12-24(27)13-11-19/h5-7,10-16,23H,2-4,8-9,17H2,1H3. The minimum absolute atomic E-state index is 0.0509. The molecule has 1 aliphatic carbocycles. The lowest BCUT2D eigenvalue weighted by Gasteiger charge is -2.26. The van der Waals surface area contributed by atoms with Crippen molar-refractivity contribution in [3.8, 4) is 11.1 Å². The number of aryl methyl sites for hydroxylation is 2. The first-order valence-corrected chi connectivity index (χ1v) is 10.3. The van der Waals surface area contributed by atoms with Gasteiger partial charge in [-0.2, -0.15) is 0 Å². The highest BCUT2D eigenvalue weighted by atomic mass is 19.1. The van der Waals surface area contributed by atoms with Crippen molar-refractivity contribution < 1.29 is 8.78 Å². The highest BCUT2D eigenvalue weighted by molar-refractivity contribution is 5.65. The number of hydrogen-bond donors (Lipinski definition) is 0. The summed E-state index contributed by atoms with van der Waals surface area (Å²) in [5.74, 6) is -0.0262. The van der Waals surface area contributed by atoms with Crippen molar-refractivity contribution in [2.45, 2.75) is 51.4 Å². The Morgan fingerprint density at radius 3 is 2.39 bits per heavy atom. The number of hydrogen-bond acceptors (Lipinski definition) is 0. The van der Waals surface area contributed by atoms with Gasteiger partial charge in [0, 0.05) is 0 Å². The molecule has 0 N–H and O–H groups in total. The van der Waals surface area contributed by atoms with Gasteiger partial charge >= 0.3 is 0 Å². The van der Waals surface area contributed by atoms with Crippen LogP contribution in [0.2, 0.25) is 0 Å². The zero-order valence-corrected chi connectivity index (χ0v) is 16.3. The Morgan fingerprint density at radius 2 is 1.64 bits per heavy atom. The van der Waals surface area contributed by atoms with Crippen LogP contribution in [-0.2, 0) is 19.3 Å². The van der Waals surface area contributed by atoms with Crippen LogP contribution < -0.4 is 0 Å². The lowest BCUT2D eigenvalue weighted by molar-refractivity contribution is 0.533. The molecule has 3 aromatic rings. The summed E-state index contributed by atoms with van der Waals surface area (Å²) in [5, 5.41) is 0. The van der Waals surface area contributed by atoms with Crippen molar-refractivity contribution >= 4 is 0 Å². The van der Waals surface area contributed by atoms with Gasteiger partial charge in [0.15, 0.2) is 0 Å². The fourth-order valence-electron chi connectivity index (χ4n) is 4.28. The van der Waals surface area contributed by atoms with Crippen LogP contribution in [0.25, 0.3) is 11.1 Å². The van der Waals surface area contributed by atoms with E-state index in [0.717, 1.165) is 60.8 Å². The molecular weight excluding hydrogens is 350 g/mol. The summed E-state index contributed by atoms with van der Waals surface area (Å²) < 4.78 is 27.9. The molecule has 4 rings (SSSR count). The minimum Gasteiger partial charge on any atom is -0.207 e. The third-order valence-electron chi connectivity index (χ3n) is 5.94. The second kappa shape index (κ2) is 8.26. The fraction of sp³-hybridized carbons (Fsp3) is 0.308. The van der Waals surface area contributed by atoms with Gasteiger partial charge in [-0.15, -0.1) is 0 Å². The Kier molecular flexibility index (Phi) is 5.57. The van der Waals surface area contributed by atoms with Crippen molar-refractivity contribution in [3.05, 3.63) is 94.6 Å². The summed E-state index contributed by atoms with van der Waals surface area (Å²) in [6.45, 7) is 2.16. The summed E-state index contributed by atoms with van der Waals surface area (Å²) in [4.78, 5) is 0. The van der Waals surface area contributed by atoms with Gasteiger partial charge in [0.25, 0.3) is 0 Å². The molecule has 0 spiro atoms. The lowest BCUT2D eigenvalue weighted by atomic mass is 9.79. The molecule has 0 nitrogen and oxygen atoms in total. The smallest absolute Gasteiger partial charge is 0.126 e. The quantitative estimate of drug-likeness (QED) is 0.440. The van der Waals surface area contributed by atoms with E-state index >= 15 is 0 Å². The van der Waals surface area contributed by atoms with E-state index in [-0.39, 0.29) is 17.6 Å². The molecule has 1 unspecified atom stereocenters. The van der Waals surface area contributed by atoms with Gasteiger partial charge in [0.05, 0.1) is 0 Å². The van der Waals surface area contributed by atoms with Crippen molar-refractivity contribution in [1.82, 2.24) is 0 Å². The summed E-state index contributed by atoms with van der Waals surface area (Å²) in [5.41, 5.74) is 6.73. The van der Waals surface area contributed by atoms with Gasteiger partial charge in [0.1, 0.15) is 11.6 Å². The van der Waals surface area contributed by atoms with Crippen molar-refractivity contribution in [1.29, 1.82) is 0 Å². The van der Waals surface area contributed by atoms with E-state index in [1.54, 1.807) is 6.07 Å². The topological polar surface area (TPSA) is 0 Å². The Balaban J connectivity index is 1.53. The molecule has 0 fully saturated rings. The average Bonchev–Trinajstić information content (AvgIpc) is 2.72. The Morgan fingerprint density at radius 1 is 0.857 bits per heavy atom. The predicted octanol–water partition coefficient (Wildman–Crippen LogP) is 7.25. The third kappa shape index (κ3) is 4.01. The number of fused-ring (bicyclic) bond motifs is 1. The van der Waals surface area contributed by atoms with Crippen molar-refractivity contribution in [3.63, 3.8) is 0 Å². The average molecular weight is 376 g/mol. The first-order chi connectivity index (χ1) is 13.6. The van der Waals surface area contributed by atoms with E-state index in [9.17, 15) is 8.78 Å². The largest absolute Gasteiger partial charge is 0.207 e. The molecule has 1 aliphatic rings. The lowest BCUT2D eigenvalue weighted by Crippen LogP contribution is -2.14. The Labute approximate surface area is 166 Å². The molecule has 2 heteroatoms. The monoisotopic (exact) mass is 376 g/mol. The predicted molar refractivity (Wildman–Crippen MR) is 112 cm³/mol. The SMILES string of the molecule is CCCCc1ccc(C2CCc3cc(-c4ccc(F)cc4)ccc3C2)c(F)c1. The fourth-order valence-corrected chi connectivity index (χ4v) is 4.28. The normalized spacial score (nSPS) is 16.0. The molecule has 144 valence electrons. The summed E-state index contributed by atoms with van der Waals surface area (Å²) in [6.07, 6.45) is 5.98. The van der Waals surface area contributed by atoms with Crippen molar-refractivity contribution in [2.75, 3.05) is 0 Å². The molecule has 1 atom stereocenters. The molecule has 0 saturated heterocycles. The second-order valence-electron chi connectivity index (χ2n) is 7.89. The van der Waals surface area contributed by atoms with E-state index in [1.165, 1.54) is 23.3 Å². The highest BCUT2D eigenvalue weighted by Gasteiger charge is 2.23. The van der Waals surface area contributed by atoms with Gasteiger partial charge in [-0.3, -0.25) is 0 Å². The van der Waals surface area contributed by atoms with Crippen LogP contribution in [-0.4, -0.2) is 0 Å². The molecule has 3 aromatic carbocycles. The van der Waals surface area contributed by atoms with Gasteiger partial charge in [-0.1, -0.05) is 55.8 Å². The van der Waals surface area contributed by atoms with E-state index < -0.39 is 0 Å². The molecule has 0 aliphatic heterocycles. The molecule has 0 saturated carbocycles. The number of benzene rings is 3. The maximum Gasteiger partial charge on any atom is 0.126 e. The molecule has 28 heavy (non-hydrogen) atoms. The number of unbranched alkanes of at least 4 members (excludes halogenated alkanes) is 1. The zero-order chi connectivity index (χ0) is 19.5. The third-order valence-corrected chi connectivity index (χ3v) is 5.94. The van der Waals surface area contributed by atoms with Gasteiger partial charge in [-0.05, 0) is 89.6 Å². The van der Waals surface area contributed by atoms with Crippen LogP contribution in [0.1, 0.15) is 54.4 Å². The van der Waals surface area contributed by atoms with E-state index in [2.05, 4.69) is 31.2 Å². The molecule has 0 aromatic heterocycles. The zero-order valence-electron chi connectivity index (χ0n) is 16.3. The Bertz CT molecular complexity index is 957. The van der Waals surface area contributed by atoms with Crippen LogP contribution in [0.5, 0.6) is 0 Å². The van der Waals surface area contributed by atoms with Gasteiger partial charge in [0.2, 0.25) is 0 Å². The molecule has 0 bridgehead atoms. The number of rotatable bonds is 5. The molecular formula is C26H26F2. The van der Waals surface area contributed by atoms with E-state index in [1.807, 2.05) is 18.2 Å².